The van der Waals surface area contributed by atoms with Gasteiger partial charge in [-0.2, -0.15) is 0 Å². The molecule has 2 heteroatoms. The molecule has 0 aromatic heterocycles. The number of nitrogens with zero attached hydrogens (tertiary/aromatic N) is 1. The third-order valence-corrected chi connectivity index (χ3v) is 3.08. The van der Waals surface area contributed by atoms with Gasteiger partial charge in [0.2, 0.25) is 5.91 Å². The minimum atomic E-state index is 0.239. The quantitative estimate of drug-likeness (QED) is 0.468. The lowest BCUT2D eigenvalue weighted by Crippen LogP contribution is -2.28. The zero-order valence-electron chi connectivity index (χ0n) is 11.7. The van der Waals surface area contributed by atoms with E-state index < -0.39 is 0 Å². The normalized spacial score (nSPS) is 16.0. The van der Waals surface area contributed by atoms with Gasteiger partial charge in [-0.15, -0.1) is 0 Å². The molecule has 1 saturated carbocycles. The Bertz CT molecular complexity index is 337. The number of carbonyl (C=O) groups is 1. The molecular weight excluding hydrogens is 222 g/mol. The van der Waals surface area contributed by atoms with Crippen molar-refractivity contribution in [3.63, 3.8) is 0 Å². The van der Waals surface area contributed by atoms with Crippen LogP contribution >= 0.6 is 0 Å². The van der Waals surface area contributed by atoms with Crippen molar-refractivity contribution in [3.8, 4) is 0 Å². The molecule has 1 rings (SSSR count). The lowest BCUT2D eigenvalue weighted by Gasteiger charge is -2.18. The van der Waals surface area contributed by atoms with Crippen LogP contribution in [0.1, 0.15) is 46.0 Å². The molecule has 100 valence electrons. The summed E-state index contributed by atoms with van der Waals surface area (Å²) in [7, 11) is 0. The highest BCUT2D eigenvalue weighted by atomic mass is 16.2. The Morgan fingerprint density at radius 1 is 1.33 bits per heavy atom. The monoisotopic (exact) mass is 247 g/mol. The summed E-state index contributed by atoms with van der Waals surface area (Å²) in [5, 5.41) is 0. The first-order valence-electron chi connectivity index (χ1n) is 6.92. The fourth-order valence-corrected chi connectivity index (χ4v) is 1.84. The summed E-state index contributed by atoms with van der Waals surface area (Å²) >= 11 is 0. The van der Waals surface area contributed by atoms with Crippen molar-refractivity contribution in [3.05, 3.63) is 36.6 Å². The molecule has 0 aliphatic heterocycles. The van der Waals surface area contributed by atoms with Crippen molar-refractivity contribution in [1.29, 1.82) is 0 Å². The molecule has 0 saturated heterocycles. The van der Waals surface area contributed by atoms with Gasteiger partial charge < -0.3 is 4.90 Å². The number of amides is 1. The smallest absolute Gasteiger partial charge is 0.229 e. The van der Waals surface area contributed by atoms with Crippen molar-refractivity contribution in [1.82, 2.24) is 4.90 Å². The zero-order chi connectivity index (χ0) is 13.4. The van der Waals surface area contributed by atoms with Gasteiger partial charge in [0.15, 0.2) is 0 Å². The molecule has 0 spiro atoms. The molecule has 0 radical (unpaired) electrons. The fraction of sp³-hybridized carbons (Fsp3) is 0.562. The van der Waals surface area contributed by atoms with E-state index in [0.717, 1.165) is 32.1 Å². The van der Waals surface area contributed by atoms with Gasteiger partial charge in [0.25, 0.3) is 0 Å². The van der Waals surface area contributed by atoms with Crippen molar-refractivity contribution in [2.24, 2.45) is 5.92 Å². The van der Waals surface area contributed by atoms with E-state index in [1.54, 1.807) is 11.1 Å². The Kier molecular flexibility index (Phi) is 6.48. The standard InChI is InChI=1S/C16H25NO/c1-4-6-7-8-9-10-14(3)13-17(5-2)16(18)15-11-12-15/h5-7,10,15H,2,4,8-9,11-13H2,1,3H3/b7-6-,14-10+. The first-order chi connectivity index (χ1) is 8.69. The molecule has 1 aliphatic rings. The van der Waals surface area contributed by atoms with E-state index in [4.69, 9.17) is 0 Å². The Hall–Kier alpha value is -1.31. The predicted octanol–water partition coefficient (Wildman–Crippen LogP) is 4.06. The fourth-order valence-electron chi connectivity index (χ4n) is 1.84. The van der Waals surface area contributed by atoms with Crippen molar-refractivity contribution >= 4 is 5.91 Å². The second-order valence-corrected chi connectivity index (χ2v) is 4.93. The average molecular weight is 247 g/mol. The summed E-state index contributed by atoms with van der Waals surface area (Å²) in [6.07, 6.45) is 13.6. The second-order valence-electron chi connectivity index (χ2n) is 4.93. The summed E-state index contributed by atoms with van der Waals surface area (Å²) < 4.78 is 0. The molecule has 1 aliphatic carbocycles. The molecule has 0 atom stereocenters. The number of rotatable bonds is 8. The van der Waals surface area contributed by atoms with E-state index in [-0.39, 0.29) is 11.8 Å². The number of carbonyl (C=O) groups excluding carboxylic acids is 1. The van der Waals surface area contributed by atoms with E-state index in [1.807, 2.05) is 0 Å². The summed E-state index contributed by atoms with van der Waals surface area (Å²) in [5.74, 6) is 0.506. The lowest BCUT2D eigenvalue weighted by molar-refractivity contribution is -0.129. The Labute approximate surface area is 111 Å². The molecule has 1 amide bonds. The highest BCUT2D eigenvalue weighted by Gasteiger charge is 2.32. The molecule has 0 aromatic rings. The first-order valence-corrected chi connectivity index (χ1v) is 6.92. The molecule has 0 N–H and O–H groups in total. The minimum Gasteiger partial charge on any atom is -0.315 e. The van der Waals surface area contributed by atoms with Gasteiger partial charge in [0.1, 0.15) is 0 Å². The van der Waals surface area contributed by atoms with Crippen LogP contribution in [-0.2, 0) is 4.79 Å². The van der Waals surface area contributed by atoms with Crippen LogP contribution in [0.25, 0.3) is 0 Å². The van der Waals surface area contributed by atoms with E-state index in [2.05, 4.69) is 38.7 Å². The summed E-state index contributed by atoms with van der Waals surface area (Å²) in [6, 6.07) is 0. The van der Waals surface area contributed by atoms with Crippen LogP contribution in [0.2, 0.25) is 0 Å². The molecule has 1 fully saturated rings. The molecule has 0 heterocycles. The average Bonchev–Trinajstić information content (AvgIpc) is 3.19. The van der Waals surface area contributed by atoms with Crippen LogP contribution < -0.4 is 0 Å². The van der Waals surface area contributed by atoms with E-state index in [0.29, 0.717) is 6.54 Å². The predicted molar refractivity (Wildman–Crippen MR) is 77.1 cm³/mol. The van der Waals surface area contributed by atoms with Gasteiger partial charge in [-0.05, 0) is 45.2 Å². The topological polar surface area (TPSA) is 20.3 Å². The molecule has 0 bridgehead atoms. The second kappa shape index (κ2) is 7.91. The molecule has 18 heavy (non-hydrogen) atoms. The highest BCUT2D eigenvalue weighted by Crippen LogP contribution is 2.31. The summed E-state index contributed by atoms with van der Waals surface area (Å²) in [4.78, 5) is 13.7. The SMILES string of the molecule is C=CN(C/C(C)=C/CC/C=C\CC)C(=O)C1CC1. The van der Waals surface area contributed by atoms with Crippen molar-refractivity contribution < 1.29 is 4.79 Å². The van der Waals surface area contributed by atoms with E-state index >= 15 is 0 Å². The van der Waals surface area contributed by atoms with Gasteiger partial charge in [0, 0.05) is 12.5 Å². The van der Waals surface area contributed by atoms with Crippen LogP contribution in [0.4, 0.5) is 0 Å². The van der Waals surface area contributed by atoms with Crippen LogP contribution in [-0.4, -0.2) is 17.4 Å². The Morgan fingerprint density at radius 3 is 2.61 bits per heavy atom. The Balaban J connectivity index is 2.33. The maximum atomic E-state index is 11.9. The van der Waals surface area contributed by atoms with E-state index in [1.165, 1.54) is 5.57 Å². The van der Waals surface area contributed by atoms with Crippen molar-refractivity contribution in [2.75, 3.05) is 6.54 Å². The van der Waals surface area contributed by atoms with E-state index in [9.17, 15) is 4.79 Å². The van der Waals surface area contributed by atoms with Crippen LogP contribution in [0, 0.1) is 5.92 Å². The minimum absolute atomic E-state index is 0.239. The number of hydrogen-bond donors (Lipinski definition) is 0. The molecule has 2 nitrogen and oxygen atoms in total. The molecular formula is C16H25NO. The highest BCUT2D eigenvalue weighted by molar-refractivity contribution is 5.82. The van der Waals surface area contributed by atoms with Crippen molar-refractivity contribution in [2.45, 2.75) is 46.0 Å². The number of hydrogen-bond acceptors (Lipinski definition) is 1. The summed E-state index contributed by atoms with van der Waals surface area (Å²) in [5.41, 5.74) is 1.24. The maximum absolute atomic E-state index is 11.9. The Morgan fingerprint density at radius 2 is 2.06 bits per heavy atom. The third-order valence-electron chi connectivity index (χ3n) is 3.08. The summed E-state index contributed by atoms with van der Waals surface area (Å²) in [6.45, 7) is 8.65. The van der Waals surface area contributed by atoms with Crippen LogP contribution in [0.3, 0.4) is 0 Å². The van der Waals surface area contributed by atoms with Gasteiger partial charge >= 0.3 is 0 Å². The maximum Gasteiger partial charge on any atom is 0.229 e. The first kappa shape index (κ1) is 14.7. The third kappa shape index (κ3) is 5.35. The van der Waals surface area contributed by atoms with Crippen LogP contribution in [0.5, 0.6) is 0 Å². The molecule has 0 unspecified atom stereocenters. The zero-order valence-corrected chi connectivity index (χ0v) is 11.7. The lowest BCUT2D eigenvalue weighted by atomic mass is 10.2. The van der Waals surface area contributed by atoms with Crippen LogP contribution in [0.15, 0.2) is 36.6 Å². The van der Waals surface area contributed by atoms with Gasteiger partial charge in [0.05, 0.1) is 0 Å². The van der Waals surface area contributed by atoms with Gasteiger partial charge in [-0.3, -0.25) is 4.79 Å². The van der Waals surface area contributed by atoms with Gasteiger partial charge in [-0.1, -0.05) is 37.3 Å². The molecule has 0 aromatic carbocycles. The number of allylic oxidation sites excluding steroid dienone is 3. The largest absolute Gasteiger partial charge is 0.315 e. The van der Waals surface area contributed by atoms with Gasteiger partial charge in [-0.25, -0.2) is 0 Å². The number of unbranched alkanes of at least 4 members (excludes halogenated alkanes) is 1.